The Kier molecular flexibility index (Phi) is 7.18. The van der Waals surface area contributed by atoms with Gasteiger partial charge in [-0.2, -0.15) is 4.31 Å². The molecule has 0 radical (unpaired) electrons. The molecule has 0 aliphatic rings. The van der Waals surface area contributed by atoms with Crippen LogP contribution in [0.2, 0.25) is 0 Å². The van der Waals surface area contributed by atoms with Crippen LogP contribution in [0.4, 0.5) is 5.69 Å². The van der Waals surface area contributed by atoms with E-state index in [0.29, 0.717) is 29.6 Å². The minimum Gasteiger partial charge on any atom is -0.399 e. The van der Waals surface area contributed by atoms with Gasteiger partial charge in [-0.1, -0.05) is 40.0 Å². The van der Waals surface area contributed by atoms with Crippen molar-refractivity contribution in [2.45, 2.75) is 51.3 Å². The zero-order chi connectivity index (χ0) is 15.9. The summed E-state index contributed by atoms with van der Waals surface area (Å²) in [5.74, 6) is 0.305. The molecule has 4 nitrogen and oxygen atoms in total. The number of nitrogens with two attached hydrogens (primary N) is 1. The van der Waals surface area contributed by atoms with Gasteiger partial charge in [0.25, 0.3) is 0 Å². The van der Waals surface area contributed by atoms with Crippen LogP contribution in [0.1, 0.15) is 46.5 Å². The van der Waals surface area contributed by atoms with Crippen molar-refractivity contribution in [2.75, 3.05) is 18.8 Å². The first-order valence-electron chi connectivity index (χ1n) is 7.73. The quantitative estimate of drug-likeness (QED) is 0.561. The standard InChI is InChI=1S/C16H28N2O2S/c1-4-5-6-7-12-18(13-14(2)3)21(19,20)16-10-8-15(17)9-11-16/h8-11,14H,4-7,12-13,17H2,1-3H3. The van der Waals surface area contributed by atoms with Crippen LogP contribution in [0.5, 0.6) is 0 Å². The maximum Gasteiger partial charge on any atom is 0.243 e. The fourth-order valence-corrected chi connectivity index (χ4v) is 3.86. The molecule has 0 amide bonds. The van der Waals surface area contributed by atoms with E-state index in [2.05, 4.69) is 6.92 Å². The summed E-state index contributed by atoms with van der Waals surface area (Å²) < 4.78 is 27.1. The lowest BCUT2D eigenvalue weighted by molar-refractivity contribution is 0.358. The van der Waals surface area contributed by atoms with Crippen LogP contribution < -0.4 is 5.73 Å². The summed E-state index contributed by atoms with van der Waals surface area (Å²) in [7, 11) is -3.42. The molecule has 1 aromatic rings. The summed E-state index contributed by atoms with van der Waals surface area (Å²) in [5, 5.41) is 0. The predicted molar refractivity (Wildman–Crippen MR) is 88.6 cm³/mol. The van der Waals surface area contributed by atoms with Crippen molar-refractivity contribution in [3.8, 4) is 0 Å². The molecule has 0 aromatic heterocycles. The molecule has 1 rings (SSSR count). The normalized spacial score (nSPS) is 12.2. The highest BCUT2D eigenvalue weighted by Crippen LogP contribution is 2.19. The van der Waals surface area contributed by atoms with E-state index >= 15 is 0 Å². The van der Waals surface area contributed by atoms with E-state index < -0.39 is 10.0 Å². The number of rotatable bonds is 9. The van der Waals surface area contributed by atoms with Gasteiger partial charge in [0.15, 0.2) is 0 Å². The van der Waals surface area contributed by atoms with Gasteiger partial charge in [-0.25, -0.2) is 8.42 Å². The first kappa shape index (κ1) is 18.0. The molecule has 0 saturated carbocycles. The van der Waals surface area contributed by atoms with E-state index in [9.17, 15) is 8.42 Å². The molecular weight excluding hydrogens is 284 g/mol. The Balaban J connectivity index is 2.86. The van der Waals surface area contributed by atoms with Gasteiger partial charge in [0.2, 0.25) is 10.0 Å². The third-order valence-corrected chi connectivity index (χ3v) is 5.23. The van der Waals surface area contributed by atoms with Crippen LogP contribution in [-0.4, -0.2) is 25.8 Å². The van der Waals surface area contributed by atoms with Crippen LogP contribution in [0.3, 0.4) is 0 Å². The SMILES string of the molecule is CCCCCCN(CC(C)C)S(=O)(=O)c1ccc(N)cc1. The summed E-state index contributed by atoms with van der Waals surface area (Å²) >= 11 is 0. The third kappa shape index (κ3) is 5.67. The maximum absolute atomic E-state index is 12.7. The summed E-state index contributed by atoms with van der Waals surface area (Å²) in [6.07, 6.45) is 4.28. The average Bonchev–Trinajstić information content (AvgIpc) is 2.42. The van der Waals surface area contributed by atoms with Crippen LogP contribution in [0.25, 0.3) is 0 Å². The van der Waals surface area contributed by atoms with Gasteiger partial charge in [0.05, 0.1) is 4.90 Å². The smallest absolute Gasteiger partial charge is 0.243 e. The molecule has 0 fully saturated rings. The number of anilines is 1. The second kappa shape index (κ2) is 8.39. The van der Waals surface area contributed by atoms with E-state index in [1.165, 1.54) is 0 Å². The number of unbranched alkanes of at least 4 members (excludes halogenated alkanes) is 3. The average molecular weight is 312 g/mol. The van der Waals surface area contributed by atoms with Gasteiger partial charge in [-0.3, -0.25) is 0 Å². The molecule has 2 N–H and O–H groups in total. The molecule has 0 saturated heterocycles. The first-order chi connectivity index (χ1) is 9.87. The Hall–Kier alpha value is -1.07. The molecule has 0 bridgehead atoms. The highest BCUT2D eigenvalue weighted by Gasteiger charge is 2.24. The first-order valence-corrected chi connectivity index (χ1v) is 9.17. The molecule has 21 heavy (non-hydrogen) atoms. The van der Waals surface area contributed by atoms with Crippen LogP contribution in [0, 0.1) is 5.92 Å². The van der Waals surface area contributed by atoms with Crippen molar-refractivity contribution >= 4 is 15.7 Å². The molecule has 0 spiro atoms. The largest absolute Gasteiger partial charge is 0.399 e. The van der Waals surface area contributed by atoms with Gasteiger partial charge < -0.3 is 5.73 Å². The van der Waals surface area contributed by atoms with Crippen molar-refractivity contribution < 1.29 is 8.42 Å². The van der Waals surface area contributed by atoms with Crippen molar-refractivity contribution in [1.29, 1.82) is 0 Å². The van der Waals surface area contributed by atoms with Crippen molar-refractivity contribution in [2.24, 2.45) is 5.92 Å². The van der Waals surface area contributed by atoms with Crippen molar-refractivity contribution in [3.63, 3.8) is 0 Å². The topological polar surface area (TPSA) is 63.4 Å². The Bertz CT molecular complexity index is 510. The van der Waals surface area contributed by atoms with Crippen LogP contribution in [0.15, 0.2) is 29.2 Å². The number of hydrogen-bond donors (Lipinski definition) is 1. The number of hydrogen-bond acceptors (Lipinski definition) is 3. The summed E-state index contributed by atoms with van der Waals surface area (Å²) in [4.78, 5) is 0.327. The van der Waals surface area contributed by atoms with Gasteiger partial charge in [-0.05, 0) is 36.6 Å². The Labute approximate surface area is 129 Å². The fourth-order valence-electron chi connectivity index (χ4n) is 2.22. The number of nitrogens with zero attached hydrogens (tertiary/aromatic N) is 1. The van der Waals surface area contributed by atoms with Gasteiger partial charge in [-0.15, -0.1) is 0 Å². The molecule has 0 heterocycles. The minimum atomic E-state index is -3.42. The Morgan fingerprint density at radius 1 is 1.10 bits per heavy atom. The monoisotopic (exact) mass is 312 g/mol. The molecule has 0 aliphatic carbocycles. The zero-order valence-electron chi connectivity index (χ0n) is 13.4. The predicted octanol–water partition coefficient (Wildman–Crippen LogP) is 3.50. The lowest BCUT2D eigenvalue weighted by Gasteiger charge is -2.24. The molecule has 120 valence electrons. The molecule has 1 aromatic carbocycles. The number of sulfonamides is 1. The second-order valence-electron chi connectivity index (χ2n) is 5.89. The van der Waals surface area contributed by atoms with E-state index in [-0.39, 0.29) is 0 Å². The number of nitrogen functional groups attached to an aromatic ring is 1. The third-order valence-electron chi connectivity index (χ3n) is 3.35. The van der Waals surface area contributed by atoms with Crippen LogP contribution in [-0.2, 0) is 10.0 Å². The fraction of sp³-hybridized carbons (Fsp3) is 0.625. The Morgan fingerprint density at radius 2 is 1.71 bits per heavy atom. The lowest BCUT2D eigenvalue weighted by Crippen LogP contribution is -2.35. The van der Waals surface area contributed by atoms with Gasteiger partial charge >= 0.3 is 0 Å². The maximum atomic E-state index is 12.7. The van der Waals surface area contributed by atoms with Gasteiger partial charge in [0.1, 0.15) is 0 Å². The molecule has 0 atom stereocenters. The summed E-state index contributed by atoms with van der Waals surface area (Å²) in [6, 6.07) is 6.45. The van der Waals surface area contributed by atoms with Crippen molar-refractivity contribution in [1.82, 2.24) is 4.31 Å². The minimum absolute atomic E-state index is 0.305. The summed E-state index contributed by atoms with van der Waals surface area (Å²) in [5.41, 5.74) is 6.21. The molecule has 0 aliphatic heterocycles. The highest BCUT2D eigenvalue weighted by atomic mass is 32.2. The van der Waals surface area contributed by atoms with E-state index in [1.807, 2.05) is 13.8 Å². The lowest BCUT2D eigenvalue weighted by atomic mass is 10.2. The van der Waals surface area contributed by atoms with E-state index in [1.54, 1.807) is 28.6 Å². The highest BCUT2D eigenvalue weighted by molar-refractivity contribution is 7.89. The van der Waals surface area contributed by atoms with Crippen molar-refractivity contribution in [3.05, 3.63) is 24.3 Å². The molecule has 0 unspecified atom stereocenters. The van der Waals surface area contributed by atoms with E-state index in [0.717, 1.165) is 25.7 Å². The Morgan fingerprint density at radius 3 is 2.24 bits per heavy atom. The zero-order valence-corrected chi connectivity index (χ0v) is 14.2. The molecular formula is C16H28N2O2S. The number of benzene rings is 1. The molecule has 5 heteroatoms. The summed E-state index contributed by atoms with van der Waals surface area (Å²) in [6.45, 7) is 7.37. The van der Waals surface area contributed by atoms with E-state index in [4.69, 9.17) is 5.73 Å². The second-order valence-corrected chi connectivity index (χ2v) is 7.82. The van der Waals surface area contributed by atoms with Gasteiger partial charge in [0, 0.05) is 18.8 Å². The van der Waals surface area contributed by atoms with Crippen LogP contribution >= 0.6 is 0 Å².